The zero-order valence-corrected chi connectivity index (χ0v) is 21.2. The molecule has 2 N–H and O–H groups in total. The molecular formula is C26H23FIN3O4. The third kappa shape index (κ3) is 5.14. The first kappa shape index (κ1) is 24.6. The van der Waals surface area contributed by atoms with Crippen LogP contribution in [-0.2, 0) is 9.59 Å². The number of urea groups is 1. The minimum atomic E-state index is -1.22. The Morgan fingerprint density at radius 3 is 2.40 bits per heavy atom. The zero-order chi connectivity index (χ0) is 25.1. The molecule has 0 bridgehead atoms. The summed E-state index contributed by atoms with van der Waals surface area (Å²) in [4.78, 5) is 41.0. The average molecular weight is 587 g/mol. The summed E-state index contributed by atoms with van der Waals surface area (Å²) >= 11 is 1.97. The number of hydrogen-bond acceptors (Lipinski definition) is 4. The van der Waals surface area contributed by atoms with Crippen molar-refractivity contribution in [3.63, 3.8) is 0 Å². The van der Waals surface area contributed by atoms with E-state index in [0.29, 0.717) is 14.9 Å². The molecule has 1 aliphatic rings. The van der Waals surface area contributed by atoms with Crippen LogP contribution in [0.1, 0.15) is 30.0 Å². The Balaban J connectivity index is 1.68. The number of nitrogens with one attached hydrogen (secondary N) is 2. The summed E-state index contributed by atoms with van der Waals surface area (Å²) in [6, 6.07) is 17.4. The van der Waals surface area contributed by atoms with Crippen LogP contribution >= 0.6 is 22.6 Å². The molecule has 9 heteroatoms. The molecular weight excluding hydrogens is 564 g/mol. The number of hydrogen-bond donors (Lipinski definition) is 2. The molecule has 0 aromatic heterocycles. The highest BCUT2D eigenvalue weighted by atomic mass is 127. The van der Waals surface area contributed by atoms with E-state index in [4.69, 9.17) is 4.74 Å². The van der Waals surface area contributed by atoms with Crippen LogP contribution in [0.5, 0.6) is 5.75 Å². The van der Waals surface area contributed by atoms with Gasteiger partial charge in [0.15, 0.2) is 0 Å². The number of imide groups is 1. The largest absolute Gasteiger partial charge is 0.497 e. The number of rotatable bonds is 7. The van der Waals surface area contributed by atoms with Gasteiger partial charge in [-0.3, -0.25) is 9.59 Å². The van der Waals surface area contributed by atoms with Crippen molar-refractivity contribution in [2.75, 3.05) is 12.4 Å². The van der Waals surface area contributed by atoms with Crippen LogP contribution in [-0.4, -0.2) is 35.9 Å². The third-order valence-corrected chi connectivity index (χ3v) is 6.63. The summed E-state index contributed by atoms with van der Waals surface area (Å²) in [5.74, 6) is -1.79. The highest BCUT2D eigenvalue weighted by molar-refractivity contribution is 14.1. The van der Waals surface area contributed by atoms with Crippen molar-refractivity contribution >= 4 is 46.1 Å². The molecule has 2 unspecified atom stereocenters. The van der Waals surface area contributed by atoms with Gasteiger partial charge < -0.3 is 15.4 Å². The zero-order valence-electron chi connectivity index (χ0n) is 19.0. The maximum Gasteiger partial charge on any atom is 0.325 e. The van der Waals surface area contributed by atoms with Gasteiger partial charge in [0.05, 0.1) is 12.8 Å². The Hall–Kier alpha value is -3.47. The van der Waals surface area contributed by atoms with Crippen molar-refractivity contribution < 1.29 is 23.5 Å². The second-order valence-electron chi connectivity index (χ2n) is 8.12. The standard InChI is InChI=1S/C26H23FIN3O4/c1-15(16-6-4-3-5-7-16)23(24(32)29-21-13-10-18(28)14-20(21)27)31-25(33)22(30-26(31)34)17-8-11-19(35-2)12-9-17/h3-15,22-23H,1-2H3,(H,29,32)(H,30,34)/t15?,22-,23?/m1/s1. The highest BCUT2D eigenvalue weighted by Gasteiger charge is 2.47. The van der Waals surface area contributed by atoms with E-state index in [1.165, 1.54) is 19.2 Å². The SMILES string of the molecule is COc1ccc([C@H]2NC(=O)N(C(C(=O)Nc3ccc(I)cc3F)C(C)c3ccccc3)C2=O)cc1. The van der Waals surface area contributed by atoms with Crippen molar-refractivity contribution in [3.05, 3.63) is 93.3 Å². The Bertz CT molecular complexity index is 1250. The lowest BCUT2D eigenvalue weighted by atomic mass is 9.91. The molecule has 1 fully saturated rings. The number of amides is 4. The van der Waals surface area contributed by atoms with Gasteiger partial charge in [-0.25, -0.2) is 14.1 Å². The maximum absolute atomic E-state index is 14.5. The molecule has 1 aliphatic heterocycles. The van der Waals surface area contributed by atoms with E-state index in [1.807, 2.05) is 52.9 Å². The van der Waals surface area contributed by atoms with Crippen LogP contribution < -0.4 is 15.4 Å². The Morgan fingerprint density at radius 1 is 1.09 bits per heavy atom. The van der Waals surface area contributed by atoms with Gasteiger partial charge in [0.2, 0.25) is 5.91 Å². The number of benzene rings is 3. The van der Waals surface area contributed by atoms with Gasteiger partial charge in [0.25, 0.3) is 5.91 Å². The van der Waals surface area contributed by atoms with Gasteiger partial charge in [0, 0.05) is 9.49 Å². The van der Waals surface area contributed by atoms with Gasteiger partial charge in [-0.15, -0.1) is 0 Å². The molecule has 4 amide bonds. The number of halogens is 2. The quantitative estimate of drug-likeness (QED) is 0.306. The van der Waals surface area contributed by atoms with E-state index < -0.39 is 41.7 Å². The normalized spacial score (nSPS) is 17.0. The molecule has 35 heavy (non-hydrogen) atoms. The summed E-state index contributed by atoms with van der Waals surface area (Å²) < 4.78 is 20.3. The fraction of sp³-hybridized carbons (Fsp3) is 0.192. The van der Waals surface area contributed by atoms with Crippen LogP contribution in [0.25, 0.3) is 0 Å². The van der Waals surface area contributed by atoms with E-state index in [9.17, 15) is 18.8 Å². The predicted molar refractivity (Wildman–Crippen MR) is 138 cm³/mol. The lowest BCUT2D eigenvalue weighted by Gasteiger charge is -2.30. The number of ether oxygens (including phenoxy) is 1. The van der Waals surface area contributed by atoms with Crippen LogP contribution in [0.15, 0.2) is 72.8 Å². The molecule has 4 rings (SSSR count). The van der Waals surface area contributed by atoms with Gasteiger partial charge in [-0.05, 0) is 64.0 Å². The van der Waals surface area contributed by atoms with Crippen molar-refractivity contribution in [3.8, 4) is 5.75 Å². The van der Waals surface area contributed by atoms with Gasteiger partial charge in [-0.1, -0.05) is 49.4 Å². The minimum absolute atomic E-state index is 0.0283. The van der Waals surface area contributed by atoms with Crippen LogP contribution in [0.3, 0.4) is 0 Å². The van der Waals surface area contributed by atoms with Crippen LogP contribution in [0.2, 0.25) is 0 Å². The number of carbonyl (C=O) groups excluding carboxylic acids is 3. The molecule has 3 aromatic rings. The van der Waals surface area contributed by atoms with E-state index in [1.54, 1.807) is 37.3 Å². The molecule has 0 aliphatic carbocycles. The molecule has 0 radical (unpaired) electrons. The molecule has 180 valence electrons. The number of anilines is 1. The molecule has 1 heterocycles. The van der Waals surface area contributed by atoms with Gasteiger partial charge in [0.1, 0.15) is 23.7 Å². The summed E-state index contributed by atoms with van der Waals surface area (Å²) in [6.07, 6.45) is 0. The van der Waals surface area contributed by atoms with Crippen molar-refractivity contribution in [1.82, 2.24) is 10.2 Å². The van der Waals surface area contributed by atoms with Crippen molar-refractivity contribution in [2.24, 2.45) is 0 Å². The molecule has 3 aromatic carbocycles. The molecule has 0 spiro atoms. The van der Waals surface area contributed by atoms with Crippen LogP contribution in [0.4, 0.5) is 14.9 Å². The summed E-state index contributed by atoms with van der Waals surface area (Å²) in [7, 11) is 1.53. The number of methoxy groups -OCH3 is 1. The fourth-order valence-corrected chi connectivity index (χ4v) is 4.54. The maximum atomic E-state index is 14.5. The fourth-order valence-electron chi connectivity index (χ4n) is 4.08. The van der Waals surface area contributed by atoms with Crippen molar-refractivity contribution in [1.29, 1.82) is 0 Å². The molecule has 7 nitrogen and oxygen atoms in total. The highest BCUT2D eigenvalue weighted by Crippen LogP contribution is 2.32. The van der Waals surface area contributed by atoms with E-state index in [-0.39, 0.29) is 5.69 Å². The van der Waals surface area contributed by atoms with Crippen molar-refractivity contribution in [2.45, 2.75) is 24.9 Å². The van der Waals surface area contributed by atoms with E-state index >= 15 is 0 Å². The Morgan fingerprint density at radius 2 is 1.77 bits per heavy atom. The lowest BCUT2D eigenvalue weighted by Crippen LogP contribution is -2.50. The van der Waals surface area contributed by atoms with E-state index in [2.05, 4.69) is 10.6 Å². The number of carbonyl (C=O) groups is 3. The monoisotopic (exact) mass is 587 g/mol. The summed E-state index contributed by atoms with van der Waals surface area (Å²) in [6.45, 7) is 1.76. The molecule has 1 saturated heterocycles. The average Bonchev–Trinajstić information content (AvgIpc) is 3.15. The Kier molecular flexibility index (Phi) is 7.34. The lowest BCUT2D eigenvalue weighted by molar-refractivity contribution is -0.134. The minimum Gasteiger partial charge on any atom is -0.497 e. The second kappa shape index (κ2) is 10.4. The van der Waals surface area contributed by atoms with Gasteiger partial charge >= 0.3 is 6.03 Å². The first-order chi connectivity index (χ1) is 16.8. The first-order valence-electron chi connectivity index (χ1n) is 10.9. The molecule has 0 saturated carbocycles. The predicted octanol–water partition coefficient (Wildman–Crippen LogP) is 4.84. The van der Waals surface area contributed by atoms with Crippen LogP contribution in [0, 0.1) is 9.39 Å². The first-order valence-corrected chi connectivity index (χ1v) is 12.0. The summed E-state index contributed by atoms with van der Waals surface area (Å²) in [5.41, 5.74) is 1.28. The topological polar surface area (TPSA) is 87.7 Å². The van der Waals surface area contributed by atoms with Gasteiger partial charge in [-0.2, -0.15) is 0 Å². The summed E-state index contributed by atoms with van der Waals surface area (Å²) in [5, 5.41) is 5.24. The third-order valence-electron chi connectivity index (χ3n) is 5.95. The number of nitrogens with zero attached hydrogens (tertiary/aromatic N) is 1. The smallest absolute Gasteiger partial charge is 0.325 e. The van der Waals surface area contributed by atoms with E-state index in [0.717, 1.165) is 10.5 Å². The second-order valence-corrected chi connectivity index (χ2v) is 9.37. The Labute approximate surface area is 215 Å². The molecule has 3 atom stereocenters.